The molecule has 4 aromatic heterocycles. The normalized spacial score (nSPS) is 10.7. The minimum atomic E-state index is -0.453. The van der Waals surface area contributed by atoms with E-state index in [-0.39, 0.29) is 23.0 Å². The summed E-state index contributed by atoms with van der Waals surface area (Å²) in [7, 11) is 3.73. The molecule has 16 nitrogen and oxygen atoms in total. The Labute approximate surface area is 294 Å². The Bertz CT molecular complexity index is 2130. The number of imidazole rings is 2. The van der Waals surface area contributed by atoms with Gasteiger partial charge >= 0.3 is 11.4 Å². The van der Waals surface area contributed by atoms with Gasteiger partial charge in [-0.05, 0) is 38.3 Å². The molecule has 2 aromatic carbocycles. The molecule has 6 aromatic rings. The Kier molecular flexibility index (Phi) is 11.0. The number of aromatic nitrogens is 8. The molecule has 0 aliphatic carbocycles. The number of anilines is 2. The minimum absolute atomic E-state index is 0.0783. The topological polar surface area (TPSA) is 180 Å². The van der Waals surface area contributed by atoms with E-state index in [2.05, 4.69) is 29.9 Å². The van der Waals surface area contributed by atoms with Crippen LogP contribution in [0.25, 0.3) is 11.6 Å². The quantitative estimate of drug-likeness (QED) is 0.116. The lowest BCUT2D eigenvalue weighted by Crippen LogP contribution is -2.21. The number of benzene rings is 2. The zero-order chi connectivity index (χ0) is 36.7. The highest BCUT2D eigenvalue weighted by Crippen LogP contribution is 2.29. The van der Waals surface area contributed by atoms with E-state index in [9.17, 15) is 20.2 Å². The van der Waals surface area contributed by atoms with Crippen molar-refractivity contribution in [3.63, 3.8) is 0 Å². The second-order valence-electron chi connectivity index (χ2n) is 11.7. The molecule has 0 aliphatic rings. The predicted octanol–water partition coefficient (Wildman–Crippen LogP) is 5.90. The highest BCUT2D eigenvalue weighted by atomic mass is 16.6. The summed E-state index contributed by atoms with van der Waals surface area (Å²) in [5, 5.41) is 23.2. The third kappa shape index (κ3) is 8.18. The van der Waals surface area contributed by atoms with Gasteiger partial charge < -0.3 is 9.80 Å². The van der Waals surface area contributed by atoms with Crippen LogP contribution < -0.4 is 9.80 Å². The summed E-state index contributed by atoms with van der Waals surface area (Å²) in [5.41, 5.74) is 2.74. The van der Waals surface area contributed by atoms with E-state index >= 15 is 0 Å². The zero-order valence-corrected chi connectivity index (χ0v) is 29.2. The number of hydrogen-bond donors (Lipinski definition) is 0. The largest absolute Gasteiger partial charge is 0.339 e. The lowest BCUT2D eigenvalue weighted by atomic mass is 10.2. The lowest BCUT2D eigenvalue weighted by molar-refractivity contribution is -0.386. The van der Waals surface area contributed by atoms with Crippen molar-refractivity contribution in [2.24, 2.45) is 0 Å². The smallest absolute Gasteiger partial charge is 0.333 e. The Morgan fingerprint density at radius 2 is 1.08 bits per heavy atom. The van der Waals surface area contributed by atoms with Gasteiger partial charge in [0.2, 0.25) is 23.5 Å². The van der Waals surface area contributed by atoms with E-state index in [1.54, 1.807) is 54.7 Å². The second kappa shape index (κ2) is 15.8. The molecule has 0 spiro atoms. The van der Waals surface area contributed by atoms with E-state index in [4.69, 9.17) is 0 Å². The van der Waals surface area contributed by atoms with Crippen molar-refractivity contribution in [3.8, 4) is 11.6 Å². The molecule has 0 amide bonds. The number of aryl methyl sites for hydroxylation is 4. The van der Waals surface area contributed by atoms with Crippen LogP contribution >= 0.6 is 0 Å². The maximum Gasteiger partial charge on any atom is 0.333 e. The van der Waals surface area contributed by atoms with Crippen LogP contribution in [0.3, 0.4) is 0 Å². The zero-order valence-electron chi connectivity index (χ0n) is 29.2. The average molecular weight is 691 g/mol. The first kappa shape index (κ1) is 35.7. The number of nitrogens with zero attached hydrogens (tertiary/aromatic N) is 12. The Hall–Kier alpha value is -6.58. The monoisotopic (exact) mass is 690 g/mol. The third-order valence-electron chi connectivity index (χ3n) is 7.97. The maximum absolute atomic E-state index is 11.7. The highest BCUT2D eigenvalue weighted by Gasteiger charge is 2.27. The summed E-state index contributed by atoms with van der Waals surface area (Å²) < 4.78 is 3.23. The SMILES string of the molecule is CCc1nc(N(C)Cc2ccccc2)nc(-n2ccnc2C)c1[N+](=O)[O-].Cc1nc(N(C)Cc2ccccc2)nc(-n2ccnc2C)c1[N+](=O)[O-]. The van der Waals surface area contributed by atoms with Gasteiger partial charge in [-0.3, -0.25) is 29.4 Å². The van der Waals surface area contributed by atoms with E-state index in [1.165, 1.54) is 0 Å². The van der Waals surface area contributed by atoms with E-state index in [1.807, 2.05) is 91.5 Å². The maximum atomic E-state index is 11.7. The average Bonchev–Trinajstić information content (AvgIpc) is 3.75. The summed E-state index contributed by atoms with van der Waals surface area (Å²) in [6.45, 7) is 8.22. The second-order valence-corrected chi connectivity index (χ2v) is 11.7. The first-order chi connectivity index (χ1) is 24.5. The molecule has 262 valence electrons. The van der Waals surface area contributed by atoms with Crippen LogP contribution in [0.2, 0.25) is 0 Å². The van der Waals surface area contributed by atoms with Gasteiger partial charge in [0.1, 0.15) is 23.0 Å². The van der Waals surface area contributed by atoms with Crippen LogP contribution in [0.15, 0.2) is 85.5 Å². The fraction of sp³-hybridized carbons (Fsp3) is 0.257. The first-order valence-electron chi connectivity index (χ1n) is 16.1. The molecule has 0 aliphatic heterocycles. The van der Waals surface area contributed by atoms with Crippen LogP contribution in [0.5, 0.6) is 0 Å². The van der Waals surface area contributed by atoms with Gasteiger partial charge in [-0.25, -0.2) is 19.9 Å². The van der Waals surface area contributed by atoms with Crippen LogP contribution in [0.1, 0.15) is 41.1 Å². The lowest BCUT2D eigenvalue weighted by Gasteiger charge is -2.19. The fourth-order valence-corrected chi connectivity index (χ4v) is 5.40. The first-order valence-corrected chi connectivity index (χ1v) is 16.1. The molecule has 6 rings (SSSR count). The van der Waals surface area contributed by atoms with Crippen molar-refractivity contribution in [1.29, 1.82) is 0 Å². The highest BCUT2D eigenvalue weighted by molar-refractivity contribution is 5.56. The third-order valence-corrected chi connectivity index (χ3v) is 7.97. The molecule has 0 bridgehead atoms. The Morgan fingerprint density at radius 1 is 0.647 bits per heavy atom. The molecule has 0 fully saturated rings. The summed E-state index contributed by atoms with van der Waals surface area (Å²) in [5.74, 6) is 2.59. The standard InChI is InChI=1S/C18H20N6O2.C17H18N6O2/c1-4-15-16(24(25)26)17(23-11-10-19-13(23)2)21-18(20-15)22(3)12-14-8-6-5-7-9-14;1-12-15(23(24)25)16(22-10-9-18-13(22)2)20-17(19-12)21(3)11-14-7-5-4-6-8-14/h5-11H,4,12H2,1-3H3;4-10H,11H2,1-3H3. The number of nitro groups is 2. The van der Waals surface area contributed by atoms with E-state index in [0.717, 1.165) is 11.1 Å². The molecule has 0 N–H and O–H groups in total. The van der Waals surface area contributed by atoms with Crippen molar-refractivity contribution in [3.05, 3.63) is 140 Å². The van der Waals surface area contributed by atoms with E-state index in [0.29, 0.717) is 54.4 Å². The Morgan fingerprint density at radius 3 is 1.47 bits per heavy atom. The molecule has 0 unspecified atom stereocenters. The molecule has 0 atom stereocenters. The van der Waals surface area contributed by atoms with Gasteiger partial charge in [0.05, 0.1) is 9.85 Å². The molecule has 51 heavy (non-hydrogen) atoms. The van der Waals surface area contributed by atoms with Crippen molar-refractivity contribution < 1.29 is 9.85 Å². The summed E-state index contributed by atoms with van der Waals surface area (Å²) in [4.78, 5) is 52.0. The molecular weight excluding hydrogens is 652 g/mol. The van der Waals surface area contributed by atoms with Gasteiger partial charge in [-0.1, -0.05) is 67.6 Å². The van der Waals surface area contributed by atoms with Gasteiger partial charge in [-0.2, -0.15) is 9.97 Å². The Balaban J connectivity index is 0.000000198. The molecule has 0 radical (unpaired) electrons. The number of hydrogen-bond acceptors (Lipinski definition) is 12. The van der Waals surface area contributed by atoms with Gasteiger partial charge in [0, 0.05) is 52.0 Å². The predicted molar refractivity (Wildman–Crippen MR) is 192 cm³/mol. The fourth-order valence-electron chi connectivity index (χ4n) is 5.40. The van der Waals surface area contributed by atoms with Crippen molar-refractivity contribution in [2.75, 3.05) is 23.9 Å². The van der Waals surface area contributed by atoms with Crippen molar-refractivity contribution in [1.82, 2.24) is 39.0 Å². The van der Waals surface area contributed by atoms with Crippen molar-refractivity contribution >= 4 is 23.3 Å². The van der Waals surface area contributed by atoms with Crippen LogP contribution in [0, 0.1) is 41.0 Å². The molecule has 16 heteroatoms. The molecule has 0 saturated heterocycles. The van der Waals surface area contributed by atoms with Crippen LogP contribution in [0.4, 0.5) is 23.3 Å². The van der Waals surface area contributed by atoms with Crippen LogP contribution in [-0.4, -0.2) is 63.0 Å². The summed E-state index contributed by atoms with van der Waals surface area (Å²) in [6, 6.07) is 19.8. The summed E-state index contributed by atoms with van der Waals surface area (Å²) >= 11 is 0. The number of rotatable bonds is 11. The minimum Gasteiger partial charge on any atom is -0.339 e. The molecule has 0 saturated carbocycles. The van der Waals surface area contributed by atoms with Crippen molar-refractivity contribution in [2.45, 2.75) is 47.2 Å². The van der Waals surface area contributed by atoms with Gasteiger partial charge in [0.25, 0.3) is 0 Å². The molecular formula is C35H38N12O4. The molecule has 4 heterocycles. The van der Waals surface area contributed by atoms with Crippen LogP contribution in [-0.2, 0) is 19.5 Å². The van der Waals surface area contributed by atoms with E-state index < -0.39 is 9.85 Å². The van der Waals surface area contributed by atoms with Gasteiger partial charge in [-0.15, -0.1) is 0 Å². The summed E-state index contributed by atoms with van der Waals surface area (Å²) in [6.07, 6.45) is 6.95. The van der Waals surface area contributed by atoms with Gasteiger partial charge in [0.15, 0.2) is 0 Å².